The number of aromatic nitrogens is 2. The predicted molar refractivity (Wildman–Crippen MR) is 78.0 cm³/mol. The molecule has 0 saturated heterocycles. The number of aryl methyl sites for hydroxylation is 1. The van der Waals surface area contributed by atoms with Gasteiger partial charge in [0, 0.05) is 31.9 Å². The summed E-state index contributed by atoms with van der Waals surface area (Å²) in [6, 6.07) is 0. The summed E-state index contributed by atoms with van der Waals surface area (Å²) in [6.45, 7) is 5.89. The first-order valence-electron chi connectivity index (χ1n) is 6.67. The van der Waals surface area contributed by atoms with Crippen molar-refractivity contribution in [3.8, 4) is 0 Å². The Morgan fingerprint density at radius 3 is 2.60 bits per heavy atom. The molecule has 0 fully saturated rings. The van der Waals surface area contributed by atoms with Crippen LogP contribution in [0.15, 0.2) is 18.7 Å². The normalized spacial score (nSPS) is 12.3. The Labute approximate surface area is 120 Å². The van der Waals surface area contributed by atoms with Crippen LogP contribution in [0.5, 0.6) is 0 Å². The highest BCUT2D eigenvalue weighted by Gasteiger charge is 2.28. The second kappa shape index (κ2) is 6.88. The molecular weight excluding hydrogens is 278 g/mol. The Kier molecular flexibility index (Phi) is 5.74. The largest absolute Gasteiger partial charge is 0.355 e. The maximum atomic E-state index is 11.8. The number of hydrogen-bond acceptors (Lipinski definition) is 4. The summed E-state index contributed by atoms with van der Waals surface area (Å²) in [5.41, 5.74) is 0. The van der Waals surface area contributed by atoms with Crippen molar-refractivity contribution < 1.29 is 13.2 Å². The van der Waals surface area contributed by atoms with E-state index >= 15 is 0 Å². The van der Waals surface area contributed by atoms with Crippen LogP contribution in [0.25, 0.3) is 0 Å². The number of sulfone groups is 1. The molecule has 6 nitrogen and oxygen atoms in total. The minimum atomic E-state index is -3.18. The average molecular weight is 301 g/mol. The predicted octanol–water partition coefficient (Wildman–Crippen LogP) is 0.993. The van der Waals surface area contributed by atoms with Crippen molar-refractivity contribution in [2.75, 3.05) is 12.3 Å². The van der Waals surface area contributed by atoms with Gasteiger partial charge in [-0.3, -0.25) is 4.79 Å². The van der Waals surface area contributed by atoms with Crippen LogP contribution in [0.1, 0.15) is 33.6 Å². The van der Waals surface area contributed by atoms with Gasteiger partial charge in [-0.15, -0.1) is 0 Å². The van der Waals surface area contributed by atoms with Crippen LogP contribution in [0.2, 0.25) is 0 Å². The van der Waals surface area contributed by atoms with Crippen molar-refractivity contribution in [1.29, 1.82) is 0 Å². The third-order valence-corrected chi connectivity index (χ3v) is 5.61. The Morgan fingerprint density at radius 2 is 2.05 bits per heavy atom. The highest BCUT2D eigenvalue weighted by atomic mass is 32.2. The zero-order valence-electron chi connectivity index (χ0n) is 12.3. The molecule has 0 saturated carbocycles. The first-order valence-corrected chi connectivity index (χ1v) is 8.32. The minimum Gasteiger partial charge on any atom is -0.355 e. The van der Waals surface area contributed by atoms with Gasteiger partial charge in [0.1, 0.15) is 0 Å². The fourth-order valence-corrected chi connectivity index (χ4v) is 2.54. The monoisotopic (exact) mass is 301 g/mol. The summed E-state index contributed by atoms with van der Waals surface area (Å²) in [5.74, 6) is -0.141. The number of carbonyl (C=O) groups excluding carboxylic acids is 1. The third kappa shape index (κ3) is 5.32. The van der Waals surface area contributed by atoms with E-state index in [-0.39, 0.29) is 18.2 Å². The molecule has 0 aliphatic rings. The Balaban J connectivity index is 2.21. The number of hydrogen-bond donors (Lipinski definition) is 1. The molecule has 0 unspecified atom stereocenters. The minimum absolute atomic E-state index is 0.0240. The Bertz CT molecular complexity index is 516. The zero-order valence-corrected chi connectivity index (χ0v) is 13.1. The number of rotatable bonds is 7. The number of nitrogens with zero attached hydrogens (tertiary/aromatic N) is 2. The number of amides is 1. The van der Waals surface area contributed by atoms with Gasteiger partial charge in [-0.25, -0.2) is 13.4 Å². The molecule has 0 atom stereocenters. The summed E-state index contributed by atoms with van der Waals surface area (Å²) < 4.78 is 24.8. The van der Waals surface area contributed by atoms with Crippen LogP contribution < -0.4 is 5.32 Å². The van der Waals surface area contributed by atoms with Gasteiger partial charge in [0.05, 0.1) is 16.8 Å². The molecule has 1 aromatic rings. The Hall–Kier alpha value is -1.37. The Morgan fingerprint density at radius 1 is 1.35 bits per heavy atom. The smallest absolute Gasteiger partial charge is 0.220 e. The van der Waals surface area contributed by atoms with Crippen molar-refractivity contribution in [2.45, 2.75) is 44.9 Å². The molecule has 0 aliphatic carbocycles. The second-order valence-corrected chi connectivity index (χ2v) is 8.55. The molecule has 7 heteroatoms. The molecule has 0 spiro atoms. The topological polar surface area (TPSA) is 81.1 Å². The summed E-state index contributed by atoms with van der Waals surface area (Å²) in [4.78, 5) is 15.5. The second-order valence-electron chi connectivity index (χ2n) is 5.69. The standard InChI is InChI=1S/C13H23N3O3S/c1-13(2,3)20(18,19)10-7-15-12(17)5-4-8-16-9-6-14-11-16/h6,9,11H,4-5,7-8,10H2,1-3H3,(H,15,17). The molecule has 1 aromatic heterocycles. The first-order chi connectivity index (χ1) is 9.22. The van der Waals surface area contributed by atoms with Crippen molar-refractivity contribution in [1.82, 2.24) is 14.9 Å². The van der Waals surface area contributed by atoms with E-state index in [9.17, 15) is 13.2 Å². The highest BCUT2D eigenvalue weighted by Crippen LogP contribution is 2.15. The molecule has 1 N–H and O–H groups in total. The fourth-order valence-electron chi connectivity index (χ4n) is 1.56. The first kappa shape index (κ1) is 16.7. The van der Waals surface area contributed by atoms with Crippen LogP contribution in [0, 0.1) is 0 Å². The number of nitrogens with one attached hydrogen (secondary N) is 1. The summed E-state index contributed by atoms with van der Waals surface area (Å²) in [6.07, 6.45) is 6.32. The fraction of sp³-hybridized carbons (Fsp3) is 0.692. The van der Waals surface area contributed by atoms with Crippen LogP contribution in [-0.4, -0.2) is 40.9 Å². The summed E-state index contributed by atoms with van der Waals surface area (Å²) in [7, 11) is -3.18. The van der Waals surface area contributed by atoms with E-state index in [4.69, 9.17) is 0 Å². The lowest BCUT2D eigenvalue weighted by atomic mass is 10.3. The van der Waals surface area contributed by atoms with Crippen molar-refractivity contribution in [3.05, 3.63) is 18.7 Å². The SMILES string of the molecule is CC(C)(C)S(=O)(=O)CCNC(=O)CCCn1ccnc1. The van der Waals surface area contributed by atoms with Crippen molar-refractivity contribution >= 4 is 15.7 Å². The van der Waals surface area contributed by atoms with E-state index < -0.39 is 14.6 Å². The van der Waals surface area contributed by atoms with Crippen LogP contribution in [0.4, 0.5) is 0 Å². The van der Waals surface area contributed by atoms with Crippen LogP contribution in [0.3, 0.4) is 0 Å². The van der Waals surface area contributed by atoms with E-state index in [1.54, 1.807) is 33.3 Å². The molecule has 1 heterocycles. The summed E-state index contributed by atoms with van der Waals surface area (Å²) >= 11 is 0. The third-order valence-electron chi connectivity index (χ3n) is 3.01. The molecule has 0 aliphatic heterocycles. The van der Waals surface area contributed by atoms with Gasteiger partial charge in [0.15, 0.2) is 9.84 Å². The zero-order chi connectivity index (χ0) is 15.2. The van der Waals surface area contributed by atoms with Gasteiger partial charge in [0.25, 0.3) is 0 Å². The van der Waals surface area contributed by atoms with E-state index in [2.05, 4.69) is 10.3 Å². The molecule has 0 aromatic carbocycles. The van der Waals surface area contributed by atoms with E-state index in [1.807, 2.05) is 10.8 Å². The number of carbonyl (C=O) groups is 1. The summed E-state index contributed by atoms with van der Waals surface area (Å²) in [5, 5.41) is 2.65. The molecule has 1 rings (SSSR count). The quantitative estimate of drug-likeness (QED) is 0.814. The van der Waals surface area contributed by atoms with E-state index in [0.717, 1.165) is 6.54 Å². The lowest BCUT2D eigenvalue weighted by Crippen LogP contribution is -2.36. The van der Waals surface area contributed by atoms with Gasteiger partial charge in [-0.05, 0) is 27.2 Å². The molecule has 20 heavy (non-hydrogen) atoms. The molecular formula is C13H23N3O3S. The van der Waals surface area contributed by atoms with E-state index in [0.29, 0.717) is 12.8 Å². The van der Waals surface area contributed by atoms with Gasteiger partial charge < -0.3 is 9.88 Å². The maximum absolute atomic E-state index is 11.8. The molecule has 0 radical (unpaired) electrons. The van der Waals surface area contributed by atoms with Crippen molar-refractivity contribution in [2.24, 2.45) is 0 Å². The van der Waals surface area contributed by atoms with Gasteiger partial charge >= 0.3 is 0 Å². The average Bonchev–Trinajstić information content (AvgIpc) is 2.80. The van der Waals surface area contributed by atoms with E-state index in [1.165, 1.54) is 0 Å². The van der Waals surface area contributed by atoms with Gasteiger partial charge in [-0.1, -0.05) is 0 Å². The van der Waals surface area contributed by atoms with Gasteiger partial charge in [0.2, 0.25) is 5.91 Å². The maximum Gasteiger partial charge on any atom is 0.220 e. The van der Waals surface area contributed by atoms with Crippen LogP contribution in [-0.2, 0) is 21.2 Å². The van der Waals surface area contributed by atoms with Crippen molar-refractivity contribution in [3.63, 3.8) is 0 Å². The van der Waals surface area contributed by atoms with Crippen LogP contribution >= 0.6 is 0 Å². The molecule has 0 bridgehead atoms. The lowest BCUT2D eigenvalue weighted by Gasteiger charge is -2.19. The highest BCUT2D eigenvalue weighted by molar-refractivity contribution is 7.92. The lowest BCUT2D eigenvalue weighted by molar-refractivity contribution is -0.121. The van der Waals surface area contributed by atoms with Gasteiger partial charge in [-0.2, -0.15) is 0 Å². The number of imidazole rings is 1. The molecule has 1 amide bonds. The molecule has 114 valence electrons.